The Kier molecular flexibility index (Phi) is 4.33. The van der Waals surface area contributed by atoms with E-state index in [0.717, 1.165) is 22.4 Å². The van der Waals surface area contributed by atoms with Gasteiger partial charge in [-0.1, -0.05) is 30.3 Å². The summed E-state index contributed by atoms with van der Waals surface area (Å²) in [4.78, 5) is 0. The van der Waals surface area contributed by atoms with Crippen LogP contribution in [0, 0.1) is 5.82 Å². The largest absolute Gasteiger partial charge is 0.508 e. The second-order valence-electron chi connectivity index (χ2n) is 6.98. The molecule has 146 valence electrons. The zero-order chi connectivity index (χ0) is 19.8. The number of halogens is 1. The van der Waals surface area contributed by atoms with Gasteiger partial charge in [0, 0.05) is 16.8 Å². The Labute approximate surface area is 167 Å². The van der Waals surface area contributed by atoms with Gasteiger partial charge in [0.25, 0.3) is 0 Å². The second kappa shape index (κ2) is 7.14. The van der Waals surface area contributed by atoms with Crippen molar-refractivity contribution in [3.05, 3.63) is 95.3 Å². The summed E-state index contributed by atoms with van der Waals surface area (Å²) in [5.41, 5.74) is 3.27. The van der Waals surface area contributed by atoms with Gasteiger partial charge >= 0.3 is 0 Å². The highest BCUT2D eigenvalue weighted by molar-refractivity contribution is 5.69. The second-order valence-corrected chi connectivity index (χ2v) is 6.98. The van der Waals surface area contributed by atoms with Crippen molar-refractivity contribution in [1.29, 1.82) is 0 Å². The third-order valence-corrected chi connectivity index (χ3v) is 5.12. The van der Waals surface area contributed by atoms with Gasteiger partial charge in [-0.3, -0.25) is 5.32 Å². The fourth-order valence-electron chi connectivity index (χ4n) is 3.68. The van der Waals surface area contributed by atoms with Crippen LogP contribution in [0.25, 0.3) is 5.70 Å². The number of ether oxygens (including phenoxy) is 2. The monoisotopic (exact) mass is 390 g/mol. The molecule has 0 aromatic heterocycles. The molecule has 2 aliphatic heterocycles. The Bertz CT molecular complexity index is 1100. The van der Waals surface area contributed by atoms with E-state index < -0.39 is 0 Å². The molecule has 5 rings (SSSR count). The fourth-order valence-corrected chi connectivity index (χ4v) is 3.68. The SMILES string of the molecule is Oc1ccccc1C1C=C(c2ccc3c(c2)OCO3)NC(c2cccc(F)c2)N1. The molecule has 0 saturated carbocycles. The number of rotatable bonds is 3. The van der Waals surface area contributed by atoms with Gasteiger partial charge in [-0.05, 0) is 48.0 Å². The highest BCUT2D eigenvalue weighted by Gasteiger charge is 2.26. The molecule has 0 fully saturated rings. The van der Waals surface area contributed by atoms with Crippen LogP contribution in [0.4, 0.5) is 4.39 Å². The van der Waals surface area contributed by atoms with Crippen molar-refractivity contribution in [2.75, 3.05) is 6.79 Å². The van der Waals surface area contributed by atoms with Crippen LogP contribution in [0.1, 0.15) is 28.9 Å². The molecule has 6 heteroatoms. The fraction of sp³-hybridized carbons (Fsp3) is 0.130. The van der Waals surface area contributed by atoms with Crippen molar-refractivity contribution in [3.63, 3.8) is 0 Å². The maximum atomic E-state index is 13.8. The molecule has 3 N–H and O–H groups in total. The van der Waals surface area contributed by atoms with Crippen LogP contribution in [0.5, 0.6) is 17.2 Å². The van der Waals surface area contributed by atoms with E-state index in [1.807, 2.05) is 42.5 Å². The Hall–Kier alpha value is -3.51. The minimum absolute atomic E-state index is 0.200. The normalized spacial score (nSPS) is 20.1. The quantitative estimate of drug-likeness (QED) is 0.625. The third-order valence-electron chi connectivity index (χ3n) is 5.12. The number of hydrogen-bond donors (Lipinski definition) is 3. The number of para-hydroxylation sites is 1. The van der Waals surface area contributed by atoms with Crippen molar-refractivity contribution >= 4 is 5.70 Å². The molecular weight excluding hydrogens is 371 g/mol. The van der Waals surface area contributed by atoms with E-state index in [-0.39, 0.29) is 30.6 Å². The first-order chi connectivity index (χ1) is 14.2. The van der Waals surface area contributed by atoms with Crippen LogP contribution in [-0.4, -0.2) is 11.9 Å². The lowest BCUT2D eigenvalue weighted by Gasteiger charge is -2.33. The summed E-state index contributed by atoms with van der Waals surface area (Å²) < 4.78 is 24.7. The summed E-state index contributed by atoms with van der Waals surface area (Å²) in [6.07, 6.45) is 1.66. The molecule has 29 heavy (non-hydrogen) atoms. The lowest BCUT2D eigenvalue weighted by atomic mass is 9.97. The molecule has 0 radical (unpaired) electrons. The summed E-state index contributed by atoms with van der Waals surface area (Å²) >= 11 is 0. The first kappa shape index (κ1) is 17.6. The van der Waals surface area contributed by atoms with E-state index in [9.17, 15) is 9.50 Å². The molecule has 3 aromatic rings. The molecule has 0 spiro atoms. The highest BCUT2D eigenvalue weighted by Crippen LogP contribution is 2.37. The van der Waals surface area contributed by atoms with E-state index in [0.29, 0.717) is 11.5 Å². The van der Waals surface area contributed by atoms with Gasteiger partial charge in [-0.15, -0.1) is 0 Å². The Morgan fingerprint density at radius 3 is 2.66 bits per heavy atom. The van der Waals surface area contributed by atoms with Gasteiger partial charge in [-0.2, -0.15) is 0 Å². The van der Waals surface area contributed by atoms with Crippen LogP contribution in [-0.2, 0) is 0 Å². The minimum Gasteiger partial charge on any atom is -0.508 e. The van der Waals surface area contributed by atoms with Crippen LogP contribution < -0.4 is 20.1 Å². The number of phenols is 1. The van der Waals surface area contributed by atoms with Crippen molar-refractivity contribution < 1.29 is 19.0 Å². The number of hydrogen-bond acceptors (Lipinski definition) is 5. The lowest BCUT2D eigenvalue weighted by molar-refractivity contribution is 0.174. The van der Waals surface area contributed by atoms with Crippen LogP contribution in [0.15, 0.2) is 72.8 Å². The Balaban J connectivity index is 1.57. The average molecular weight is 390 g/mol. The number of aromatic hydroxyl groups is 1. The molecule has 0 amide bonds. The summed E-state index contributed by atoms with van der Waals surface area (Å²) in [6, 6.07) is 19.1. The minimum atomic E-state index is -0.347. The van der Waals surface area contributed by atoms with E-state index in [1.54, 1.807) is 18.2 Å². The summed E-state index contributed by atoms with van der Waals surface area (Å²) in [5, 5.41) is 17.2. The summed E-state index contributed by atoms with van der Waals surface area (Å²) in [6.45, 7) is 0.208. The van der Waals surface area contributed by atoms with E-state index in [1.165, 1.54) is 12.1 Å². The average Bonchev–Trinajstić information content (AvgIpc) is 3.22. The molecule has 2 heterocycles. The van der Waals surface area contributed by atoms with Crippen LogP contribution in [0.3, 0.4) is 0 Å². The van der Waals surface area contributed by atoms with Crippen LogP contribution in [0.2, 0.25) is 0 Å². The Morgan fingerprint density at radius 2 is 1.79 bits per heavy atom. The molecule has 3 aromatic carbocycles. The molecule has 2 unspecified atom stereocenters. The van der Waals surface area contributed by atoms with Gasteiger partial charge in [0.05, 0.1) is 6.04 Å². The molecule has 0 saturated heterocycles. The van der Waals surface area contributed by atoms with Crippen molar-refractivity contribution in [2.24, 2.45) is 0 Å². The number of nitrogens with one attached hydrogen (secondary N) is 2. The Morgan fingerprint density at radius 1 is 0.931 bits per heavy atom. The summed E-state index contributed by atoms with van der Waals surface area (Å²) in [7, 11) is 0. The molecule has 2 aliphatic rings. The summed E-state index contributed by atoms with van der Waals surface area (Å²) in [5.74, 6) is 1.29. The molecule has 0 aliphatic carbocycles. The standard InChI is InChI=1S/C23H19FN2O3/c24-16-5-3-4-15(10-16)23-25-18(14-8-9-21-22(11-14)29-13-28-21)12-19(26-23)17-6-1-2-7-20(17)27/h1-12,19,23,25-27H,13H2. The van der Waals surface area contributed by atoms with Gasteiger partial charge in [-0.25, -0.2) is 4.39 Å². The van der Waals surface area contributed by atoms with Gasteiger partial charge < -0.3 is 19.9 Å². The molecule has 2 atom stereocenters. The maximum absolute atomic E-state index is 13.8. The van der Waals surface area contributed by atoms with Gasteiger partial charge in [0.15, 0.2) is 11.5 Å². The predicted molar refractivity (Wildman–Crippen MR) is 107 cm³/mol. The zero-order valence-corrected chi connectivity index (χ0v) is 15.4. The third kappa shape index (κ3) is 3.39. The molecule has 5 nitrogen and oxygen atoms in total. The van der Waals surface area contributed by atoms with Crippen molar-refractivity contribution in [2.45, 2.75) is 12.2 Å². The van der Waals surface area contributed by atoms with Gasteiger partial charge in [0.1, 0.15) is 17.7 Å². The zero-order valence-electron chi connectivity index (χ0n) is 15.4. The topological polar surface area (TPSA) is 62.8 Å². The highest BCUT2D eigenvalue weighted by atomic mass is 19.1. The van der Waals surface area contributed by atoms with Gasteiger partial charge in [0.2, 0.25) is 6.79 Å². The van der Waals surface area contributed by atoms with E-state index >= 15 is 0 Å². The number of benzene rings is 3. The van der Waals surface area contributed by atoms with E-state index in [2.05, 4.69) is 10.6 Å². The molecule has 0 bridgehead atoms. The van der Waals surface area contributed by atoms with Crippen molar-refractivity contribution in [3.8, 4) is 17.2 Å². The number of fused-ring (bicyclic) bond motifs is 1. The van der Waals surface area contributed by atoms with Crippen LogP contribution >= 0.6 is 0 Å². The molecular formula is C23H19FN2O3. The number of phenolic OH excluding ortho intramolecular Hbond substituents is 1. The smallest absolute Gasteiger partial charge is 0.231 e. The van der Waals surface area contributed by atoms with Crippen molar-refractivity contribution in [1.82, 2.24) is 10.6 Å². The first-order valence-electron chi connectivity index (χ1n) is 9.35. The predicted octanol–water partition coefficient (Wildman–Crippen LogP) is 4.23. The lowest BCUT2D eigenvalue weighted by Crippen LogP contribution is -2.39. The maximum Gasteiger partial charge on any atom is 0.231 e. The van der Waals surface area contributed by atoms with E-state index in [4.69, 9.17) is 9.47 Å². The first-order valence-corrected chi connectivity index (χ1v) is 9.35.